The van der Waals surface area contributed by atoms with Crippen LogP contribution in [0.4, 0.5) is 5.69 Å². The molecule has 106 valence electrons. The maximum absolute atomic E-state index is 6.02. The Balaban J connectivity index is 2.02. The first-order valence-corrected chi connectivity index (χ1v) is 7.06. The van der Waals surface area contributed by atoms with E-state index < -0.39 is 0 Å². The molecular weight excluding hydrogens is 238 g/mol. The molecule has 1 fully saturated rings. The summed E-state index contributed by atoms with van der Waals surface area (Å²) in [4.78, 5) is 2.48. The van der Waals surface area contributed by atoms with Crippen LogP contribution in [0.3, 0.4) is 0 Å². The molecule has 1 aliphatic heterocycles. The Labute approximate surface area is 115 Å². The van der Waals surface area contributed by atoms with Gasteiger partial charge in [0.15, 0.2) is 0 Å². The lowest BCUT2D eigenvalue weighted by atomic mass is 9.87. The number of piperidine rings is 1. The quantitative estimate of drug-likeness (QED) is 0.852. The van der Waals surface area contributed by atoms with E-state index in [-0.39, 0.29) is 5.54 Å². The molecule has 2 rings (SSSR count). The molecule has 0 aromatic heterocycles. The minimum absolute atomic E-state index is 0.0419. The van der Waals surface area contributed by atoms with E-state index in [1.807, 2.05) is 12.1 Å². The molecule has 19 heavy (non-hydrogen) atoms. The molecule has 4 nitrogen and oxygen atoms in total. The van der Waals surface area contributed by atoms with Crippen molar-refractivity contribution in [1.29, 1.82) is 0 Å². The lowest BCUT2D eigenvalue weighted by molar-refractivity contribution is 0.184. The molecule has 1 aliphatic rings. The minimum atomic E-state index is 0.0419. The van der Waals surface area contributed by atoms with Gasteiger partial charge in [0.25, 0.3) is 0 Å². The second-order valence-electron chi connectivity index (χ2n) is 5.27. The van der Waals surface area contributed by atoms with Crippen LogP contribution in [-0.4, -0.2) is 43.7 Å². The van der Waals surface area contributed by atoms with Gasteiger partial charge in [-0.3, -0.25) is 0 Å². The van der Waals surface area contributed by atoms with E-state index >= 15 is 0 Å². The standard InChI is InChI=1S/C15H25N3O/c1-3-18-10-8-15(12-16,9-11-18)17-13-4-6-14(19-2)7-5-13/h4-7,17H,3,8-12,16H2,1-2H3. The van der Waals surface area contributed by atoms with Crippen molar-refractivity contribution < 1.29 is 4.74 Å². The highest BCUT2D eigenvalue weighted by molar-refractivity contribution is 5.48. The first-order chi connectivity index (χ1) is 9.21. The van der Waals surface area contributed by atoms with Crippen molar-refractivity contribution in [2.45, 2.75) is 25.3 Å². The van der Waals surface area contributed by atoms with Crippen molar-refractivity contribution in [1.82, 2.24) is 4.90 Å². The zero-order valence-corrected chi connectivity index (χ0v) is 12.0. The number of likely N-dealkylation sites (tertiary alicyclic amines) is 1. The van der Waals surface area contributed by atoms with Crippen molar-refractivity contribution in [3.05, 3.63) is 24.3 Å². The van der Waals surface area contributed by atoms with E-state index in [9.17, 15) is 0 Å². The molecular formula is C15H25N3O. The van der Waals surface area contributed by atoms with Crippen molar-refractivity contribution in [3.63, 3.8) is 0 Å². The maximum Gasteiger partial charge on any atom is 0.119 e. The minimum Gasteiger partial charge on any atom is -0.497 e. The lowest BCUT2D eigenvalue weighted by Gasteiger charge is -2.42. The van der Waals surface area contributed by atoms with E-state index in [1.54, 1.807) is 7.11 Å². The van der Waals surface area contributed by atoms with Crippen LogP contribution in [0.1, 0.15) is 19.8 Å². The van der Waals surface area contributed by atoms with Gasteiger partial charge in [-0.25, -0.2) is 0 Å². The van der Waals surface area contributed by atoms with Crippen molar-refractivity contribution in [3.8, 4) is 5.75 Å². The summed E-state index contributed by atoms with van der Waals surface area (Å²) in [5, 5.41) is 3.63. The molecule has 0 unspecified atom stereocenters. The number of nitrogens with two attached hydrogens (primary N) is 1. The van der Waals surface area contributed by atoms with Crippen LogP contribution in [0.2, 0.25) is 0 Å². The van der Waals surface area contributed by atoms with Crippen LogP contribution >= 0.6 is 0 Å². The van der Waals surface area contributed by atoms with Crippen molar-refractivity contribution >= 4 is 5.69 Å². The molecule has 1 aromatic carbocycles. The number of anilines is 1. The molecule has 0 radical (unpaired) electrons. The number of nitrogens with zero attached hydrogens (tertiary/aromatic N) is 1. The van der Waals surface area contributed by atoms with Gasteiger partial charge in [-0.15, -0.1) is 0 Å². The molecule has 0 bridgehead atoms. The van der Waals surface area contributed by atoms with Gasteiger partial charge in [0, 0.05) is 25.3 Å². The van der Waals surface area contributed by atoms with Gasteiger partial charge in [-0.05, 0) is 43.7 Å². The van der Waals surface area contributed by atoms with Crippen LogP contribution < -0.4 is 15.8 Å². The van der Waals surface area contributed by atoms with Gasteiger partial charge in [0.1, 0.15) is 5.75 Å². The fourth-order valence-electron chi connectivity index (χ4n) is 2.66. The van der Waals surface area contributed by atoms with Crippen LogP contribution in [0.15, 0.2) is 24.3 Å². The van der Waals surface area contributed by atoms with Crippen molar-refractivity contribution in [2.75, 3.05) is 38.6 Å². The fourth-order valence-corrected chi connectivity index (χ4v) is 2.66. The van der Waals surface area contributed by atoms with Gasteiger partial charge < -0.3 is 20.7 Å². The van der Waals surface area contributed by atoms with Gasteiger partial charge in [0.2, 0.25) is 0 Å². The summed E-state index contributed by atoms with van der Waals surface area (Å²) in [5.74, 6) is 0.883. The number of nitrogens with one attached hydrogen (secondary N) is 1. The summed E-state index contributed by atoms with van der Waals surface area (Å²) < 4.78 is 5.18. The summed E-state index contributed by atoms with van der Waals surface area (Å²) in [6.45, 7) is 6.26. The SMILES string of the molecule is CCN1CCC(CN)(Nc2ccc(OC)cc2)CC1. The maximum atomic E-state index is 6.02. The number of hydrogen-bond acceptors (Lipinski definition) is 4. The average Bonchev–Trinajstić information content (AvgIpc) is 2.49. The third-order valence-electron chi connectivity index (χ3n) is 4.15. The smallest absolute Gasteiger partial charge is 0.119 e. The number of benzene rings is 1. The van der Waals surface area contributed by atoms with Gasteiger partial charge in [-0.2, -0.15) is 0 Å². The summed E-state index contributed by atoms with van der Waals surface area (Å²) in [5.41, 5.74) is 7.19. The molecule has 0 saturated carbocycles. The van der Waals surface area contributed by atoms with E-state index in [0.717, 1.165) is 43.9 Å². The molecule has 0 atom stereocenters. The Morgan fingerprint density at radius 1 is 1.26 bits per heavy atom. The van der Waals surface area contributed by atoms with E-state index in [2.05, 4.69) is 29.3 Å². The molecule has 4 heteroatoms. The number of methoxy groups -OCH3 is 1. The molecule has 1 heterocycles. The molecule has 1 aromatic rings. The number of rotatable bonds is 5. The van der Waals surface area contributed by atoms with Gasteiger partial charge in [0.05, 0.1) is 12.6 Å². The Bertz CT molecular complexity index is 383. The predicted molar refractivity (Wildman–Crippen MR) is 79.8 cm³/mol. The zero-order chi connectivity index (χ0) is 13.7. The van der Waals surface area contributed by atoms with Crippen LogP contribution in [0.25, 0.3) is 0 Å². The van der Waals surface area contributed by atoms with E-state index in [4.69, 9.17) is 10.5 Å². The van der Waals surface area contributed by atoms with Crippen LogP contribution in [0, 0.1) is 0 Å². The molecule has 3 N–H and O–H groups in total. The van der Waals surface area contributed by atoms with E-state index in [1.165, 1.54) is 0 Å². The third-order valence-corrected chi connectivity index (χ3v) is 4.15. The normalized spacial score (nSPS) is 19.1. The highest BCUT2D eigenvalue weighted by Crippen LogP contribution is 2.27. The Kier molecular flexibility index (Phi) is 4.66. The van der Waals surface area contributed by atoms with Crippen molar-refractivity contribution in [2.24, 2.45) is 5.73 Å². The van der Waals surface area contributed by atoms with Crippen LogP contribution in [-0.2, 0) is 0 Å². The van der Waals surface area contributed by atoms with Gasteiger partial charge in [-0.1, -0.05) is 6.92 Å². The topological polar surface area (TPSA) is 50.5 Å². The highest BCUT2D eigenvalue weighted by atomic mass is 16.5. The number of ether oxygens (including phenoxy) is 1. The highest BCUT2D eigenvalue weighted by Gasteiger charge is 2.32. The molecule has 0 amide bonds. The average molecular weight is 263 g/mol. The molecule has 1 saturated heterocycles. The first kappa shape index (κ1) is 14.2. The molecule has 0 spiro atoms. The Hall–Kier alpha value is -1.26. The monoisotopic (exact) mass is 263 g/mol. The Morgan fingerprint density at radius 2 is 1.89 bits per heavy atom. The van der Waals surface area contributed by atoms with Gasteiger partial charge >= 0.3 is 0 Å². The number of hydrogen-bond donors (Lipinski definition) is 2. The first-order valence-electron chi connectivity index (χ1n) is 7.06. The summed E-state index contributed by atoms with van der Waals surface area (Å²) in [6.07, 6.45) is 2.20. The third kappa shape index (κ3) is 3.39. The fraction of sp³-hybridized carbons (Fsp3) is 0.600. The second kappa shape index (κ2) is 6.26. The molecule has 0 aliphatic carbocycles. The summed E-state index contributed by atoms with van der Waals surface area (Å²) in [6, 6.07) is 8.08. The summed E-state index contributed by atoms with van der Waals surface area (Å²) >= 11 is 0. The predicted octanol–water partition coefficient (Wildman–Crippen LogP) is 1.92. The largest absolute Gasteiger partial charge is 0.497 e. The lowest BCUT2D eigenvalue weighted by Crippen LogP contribution is -2.53. The zero-order valence-electron chi connectivity index (χ0n) is 12.0. The van der Waals surface area contributed by atoms with E-state index in [0.29, 0.717) is 6.54 Å². The summed E-state index contributed by atoms with van der Waals surface area (Å²) in [7, 11) is 1.68. The van der Waals surface area contributed by atoms with Crippen LogP contribution in [0.5, 0.6) is 5.75 Å². The Morgan fingerprint density at radius 3 is 2.37 bits per heavy atom. The second-order valence-corrected chi connectivity index (χ2v) is 5.27.